The first-order valence-electron chi connectivity index (χ1n) is 5.97. The number of hydrogen-bond donors (Lipinski definition) is 1. The largest absolute Gasteiger partial charge is 0.489 e. The Labute approximate surface area is 97.2 Å². The molecule has 88 valence electrons. The van der Waals surface area contributed by atoms with E-state index in [9.17, 15) is 0 Å². The standard InChI is InChI=1S/C13H20N2O/c1-10(2)16-12-7-11(8-14-9-12)13(3)5-4-6-15-13/h7-10,15H,4-6H2,1-3H3. The van der Waals surface area contributed by atoms with Crippen molar-refractivity contribution >= 4 is 0 Å². The first-order chi connectivity index (χ1) is 7.60. The molecule has 1 aliphatic rings. The summed E-state index contributed by atoms with van der Waals surface area (Å²) in [4.78, 5) is 4.26. The van der Waals surface area contributed by atoms with Crippen LogP contribution in [0.2, 0.25) is 0 Å². The lowest BCUT2D eigenvalue weighted by molar-refractivity contribution is 0.240. The first-order valence-corrected chi connectivity index (χ1v) is 5.97. The van der Waals surface area contributed by atoms with Crippen molar-refractivity contribution in [2.75, 3.05) is 6.54 Å². The minimum Gasteiger partial charge on any atom is -0.489 e. The molecule has 0 radical (unpaired) electrons. The van der Waals surface area contributed by atoms with Crippen LogP contribution in [-0.2, 0) is 5.54 Å². The molecule has 3 nitrogen and oxygen atoms in total. The fourth-order valence-electron chi connectivity index (χ4n) is 2.20. The summed E-state index contributed by atoms with van der Waals surface area (Å²) in [7, 11) is 0. The van der Waals surface area contributed by atoms with Gasteiger partial charge in [-0.15, -0.1) is 0 Å². The maximum Gasteiger partial charge on any atom is 0.138 e. The zero-order valence-electron chi connectivity index (χ0n) is 10.3. The van der Waals surface area contributed by atoms with Gasteiger partial charge < -0.3 is 10.1 Å². The van der Waals surface area contributed by atoms with E-state index >= 15 is 0 Å². The van der Waals surface area contributed by atoms with Gasteiger partial charge in [-0.2, -0.15) is 0 Å². The summed E-state index contributed by atoms with van der Waals surface area (Å²) in [6, 6.07) is 2.10. The predicted molar refractivity (Wildman–Crippen MR) is 64.6 cm³/mol. The molecule has 16 heavy (non-hydrogen) atoms. The molecule has 0 bridgehead atoms. The van der Waals surface area contributed by atoms with Crippen LogP contribution in [0.4, 0.5) is 0 Å². The lowest BCUT2D eigenvalue weighted by atomic mass is 9.92. The summed E-state index contributed by atoms with van der Waals surface area (Å²) in [5.74, 6) is 0.863. The highest BCUT2D eigenvalue weighted by atomic mass is 16.5. The van der Waals surface area contributed by atoms with E-state index in [-0.39, 0.29) is 11.6 Å². The Bertz CT molecular complexity index is 357. The third kappa shape index (κ3) is 2.35. The average molecular weight is 220 g/mol. The van der Waals surface area contributed by atoms with Gasteiger partial charge in [0.1, 0.15) is 5.75 Å². The van der Waals surface area contributed by atoms with Gasteiger partial charge in [0.15, 0.2) is 0 Å². The minimum absolute atomic E-state index is 0.0728. The molecule has 0 aliphatic carbocycles. The summed E-state index contributed by atoms with van der Waals surface area (Å²) in [5, 5.41) is 3.53. The SMILES string of the molecule is CC(C)Oc1cncc(C2(C)CCCN2)c1. The highest BCUT2D eigenvalue weighted by Gasteiger charge is 2.30. The molecule has 0 saturated carbocycles. The zero-order chi connectivity index (χ0) is 11.6. The van der Waals surface area contributed by atoms with Gasteiger partial charge in [0, 0.05) is 11.7 Å². The lowest BCUT2D eigenvalue weighted by Crippen LogP contribution is -2.33. The van der Waals surface area contributed by atoms with Crippen LogP contribution in [0.1, 0.15) is 39.2 Å². The molecule has 1 unspecified atom stereocenters. The Kier molecular flexibility index (Phi) is 3.15. The van der Waals surface area contributed by atoms with Crippen LogP contribution in [0.15, 0.2) is 18.5 Å². The average Bonchev–Trinajstić information content (AvgIpc) is 2.66. The number of nitrogens with zero attached hydrogens (tertiary/aromatic N) is 1. The molecule has 1 aromatic rings. The molecule has 2 heterocycles. The molecule has 2 rings (SSSR count). The van der Waals surface area contributed by atoms with Crippen LogP contribution in [0, 0.1) is 0 Å². The van der Waals surface area contributed by atoms with Crippen molar-refractivity contribution in [3.8, 4) is 5.75 Å². The highest BCUT2D eigenvalue weighted by molar-refractivity contribution is 5.29. The fourth-order valence-corrected chi connectivity index (χ4v) is 2.20. The van der Waals surface area contributed by atoms with Crippen molar-refractivity contribution in [2.45, 2.75) is 45.3 Å². The summed E-state index contributed by atoms with van der Waals surface area (Å²) in [5.41, 5.74) is 1.30. The van der Waals surface area contributed by atoms with Crippen molar-refractivity contribution in [3.63, 3.8) is 0 Å². The number of hydrogen-bond acceptors (Lipinski definition) is 3. The van der Waals surface area contributed by atoms with E-state index in [0.29, 0.717) is 0 Å². The van der Waals surface area contributed by atoms with Crippen LogP contribution < -0.4 is 10.1 Å². The fraction of sp³-hybridized carbons (Fsp3) is 0.615. The van der Waals surface area contributed by atoms with Gasteiger partial charge in [0.05, 0.1) is 12.3 Å². The Morgan fingerprint density at radius 1 is 1.44 bits per heavy atom. The van der Waals surface area contributed by atoms with E-state index in [2.05, 4.69) is 23.3 Å². The smallest absolute Gasteiger partial charge is 0.138 e. The number of aromatic nitrogens is 1. The van der Waals surface area contributed by atoms with Gasteiger partial charge in [-0.25, -0.2) is 0 Å². The minimum atomic E-state index is 0.0728. The Balaban J connectivity index is 2.21. The van der Waals surface area contributed by atoms with Crippen LogP contribution in [0.5, 0.6) is 5.75 Å². The summed E-state index contributed by atoms with van der Waals surface area (Å²) in [6.45, 7) is 7.38. The van der Waals surface area contributed by atoms with Crippen molar-refractivity contribution in [2.24, 2.45) is 0 Å². The second-order valence-corrected chi connectivity index (χ2v) is 4.94. The second kappa shape index (κ2) is 4.42. The Morgan fingerprint density at radius 2 is 2.25 bits per heavy atom. The van der Waals surface area contributed by atoms with Gasteiger partial charge >= 0.3 is 0 Å². The van der Waals surface area contributed by atoms with E-state index in [1.165, 1.54) is 18.4 Å². The first kappa shape index (κ1) is 11.4. The summed E-state index contributed by atoms with van der Waals surface area (Å²) in [6.07, 6.45) is 6.31. The van der Waals surface area contributed by atoms with Crippen molar-refractivity contribution in [1.29, 1.82) is 0 Å². The lowest BCUT2D eigenvalue weighted by Gasteiger charge is -2.25. The van der Waals surface area contributed by atoms with Gasteiger partial charge in [0.25, 0.3) is 0 Å². The van der Waals surface area contributed by atoms with Gasteiger partial charge in [-0.1, -0.05) is 0 Å². The number of nitrogens with one attached hydrogen (secondary N) is 1. The third-order valence-electron chi connectivity index (χ3n) is 3.09. The number of ether oxygens (including phenoxy) is 1. The van der Waals surface area contributed by atoms with Gasteiger partial charge in [-0.05, 0) is 51.8 Å². The molecule has 0 aromatic carbocycles. The van der Waals surface area contributed by atoms with Crippen LogP contribution >= 0.6 is 0 Å². The molecule has 1 atom stereocenters. The Hall–Kier alpha value is -1.09. The van der Waals surface area contributed by atoms with Crippen molar-refractivity contribution in [1.82, 2.24) is 10.3 Å². The molecule has 1 N–H and O–H groups in total. The summed E-state index contributed by atoms with van der Waals surface area (Å²) < 4.78 is 5.67. The molecule has 1 aliphatic heterocycles. The quantitative estimate of drug-likeness (QED) is 0.849. The maximum absolute atomic E-state index is 5.67. The van der Waals surface area contributed by atoms with E-state index in [0.717, 1.165) is 12.3 Å². The number of rotatable bonds is 3. The van der Waals surface area contributed by atoms with E-state index in [1.807, 2.05) is 20.0 Å². The van der Waals surface area contributed by atoms with Crippen LogP contribution in [0.3, 0.4) is 0 Å². The molecule has 0 amide bonds. The monoisotopic (exact) mass is 220 g/mol. The molecule has 1 saturated heterocycles. The molecule has 1 fully saturated rings. The van der Waals surface area contributed by atoms with Crippen LogP contribution in [-0.4, -0.2) is 17.6 Å². The molecule has 0 spiro atoms. The van der Waals surface area contributed by atoms with Gasteiger partial charge in [-0.3, -0.25) is 4.98 Å². The van der Waals surface area contributed by atoms with Crippen molar-refractivity contribution < 1.29 is 4.74 Å². The van der Waals surface area contributed by atoms with E-state index in [4.69, 9.17) is 4.74 Å². The summed E-state index contributed by atoms with van der Waals surface area (Å²) >= 11 is 0. The molecular weight excluding hydrogens is 200 g/mol. The normalized spacial score (nSPS) is 25.0. The van der Waals surface area contributed by atoms with E-state index in [1.54, 1.807) is 6.20 Å². The number of pyridine rings is 1. The topological polar surface area (TPSA) is 34.1 Å². The predicted octanol–water partition coefficient (Wildman–Crippen LogP) is 2.47. The molecule has 1 aromatic heterocycles. The zero-order valence-corrected chi connectivity index (χ0v) is 10.3. The van der Waals surface area contributed by atoms with Crippen molar-refractivity contribution in [3.05, 3.63) is 24.0 Å². The highest BCUT2D eigenvalue weighted by Crippen LogP contribution is 2.31. The molecular formula is C13H20N2O. The van der Waals surface area contributed by atoms with E-state index < -0.39 is 0 Å². The Morgan fingerprint density at radius 3 is 2.88 bits per heavy atom. The van der Waals surface area contributed by atoms with Gasteiger partial charge in [0.2, 0.25) is 0 Å². The second-order valence-electron chi connectivity index (χ2n) is 4.94. The maximum atomic E-state index is 5.67. The van der Waals surface area contributed by atoms with Crippen LogP contribution in [0.25, 0.3) is 0 Å². The third-order valence-corrected chi connectivity index (χ3v) is 3.09. The molecule has 3 heteroatoms.